The van der Waals surface area contributed by atoms with Gasteiger partial charge in [-0.3, -0.25) is 4.79 Å². The molecular weight excluding hydrogens is 435 g/mol. The summed E-state index contributed by atoms with van der Waals surface area (Å²) in [4.78, 5) is 11.4. The van der Waals surface area contributed by atoms with Crippen LogP contribution >= 0.6 is 11.3 Å². The minimum absolute atomic E-state index is 0.0803. The summed E-state index contributed by atoms with van der Waals surface area (Å²) in [5.41, 5.74) is 0. The molecule has 0 bridgehead atoms. The maximum Gasteiger partial charge on any atom is 0.460 e. The highest BCUT2D eigenvalue weighted by Crippen LogP contribution is 2.54. The molecule has 0 saturated heterocycles. The zero-order valence-corrected chi connectivity index (χ0v) is 14.3. The Morgan fingerprint density at radius 2 is 1.64 bits per heavy atom. The second-order valence-corrected chi connectivity index (χ2v) is 6.43. The van der Waals surface area contributed by atoms with Gasteiger partial charge in [0.15, 0.2) is 17.6 Å². The fourth-order valence-corrected chi connectivity index (χ4v) is 2.70. The quantitative estimate of drug-likeness (QED) is 0.451. The third-order valence-electron chi connectivity index (χ3n) is 3.59. The van der Waals surface area contributed by atoms with Gasteiger partial charge in [0.25, 0.3) is 0 Å². The molecule has 14 heteroatoms. The van der Waals surface area contributed by atoms with Crippen molar-refractivity contribution in [1.29, 1.82) is 0 Å². The Balaban J connectivity index is 1.87. The molecule has 0 aliphatic carbocycles. The summed E-state index contributed by atoms with van der Waals surface area (Å²) in [6.07, 6.45) is -11.5. The number of thiophene rings is 1. The third kappa shape index (κ3) is 4.25. The van der Waals surface area contributed by atoms with Crippen molar-refractivity contribution in [3.8, 4) is 11.5 Å². The number of ether oxygens (including phenoxy) is 3. The molecule has 28 heavy (non-hydrogen) atoms. The molecule has 0 spiro atoms. The molecule has 0 fully saturated rings. The average Bonchev–Trinajstić information content (AvgIpc) is 3.04. The van der Waals surface area contributed by atoms with E-state index in [1.807, 2.05) is 0 Å². The van der Waals surface area contributed by atoms with Gasteiger partial charge in [-0.2, -0.15) is 39.5 Å². The molecule has 0 amide bonds. The van der Waals surface area contributed by atoms with Crippen molar-refractivity contribution in [2.24, 2.45) is 0 Å². The number of carbonyl (C=O) groups excluding carboxylic acids is 1. The number of hydrogen-bond donors (Lipinski definition) is 0. The van der Waals surface area contributed by atoms with E-state index in [1.165, 1.54) is 11.3 Å². The van der Waals surface area contributed by atoms with Crippen LogP contribution in [0.3, 0.4) is 0 Å². The van der Waals surface area contributed by atoms with Crippen LogP contribution in [0.2, 0.25) is 0 Å². The Morgan fingerprint density at radius 1 is 1.04 bits per heavy atom. The fraction of sp³-hybridized carbons (Fsp3) is 0.643. The lowest BCUT2D eigenvalue weighted by Crippen LogP contribution is -2.60. The summed E-state index contributed by atoms with van der Waals surface area (Å²) in [6, 6.07) is 0. The van der Waals surface area contributed by atoms with Crippen LogP contribution in [-0.4, -0.2) is 49.2 Å². The maximum absolute atomic E-state index is 13.3. The van der Waals surface area contributed by atoms with Gasteiger partial charge >= 0.3 is 29.9 Å². The molecule has 0 radical (unpaired) electrons. The van der Waals surface area contributed by atoms with E-state index < -0.39 is 55.5 Å². The van der Waals surface area contributed by atoms with Gasteiger partial charge in [-0.15, -0.1) is 11.3 Å². The topological polar surface area (TPSA) is 44.8 Å². The lowest BCUT2D eigenvalue weighted by molar-refractivity contribution is -0.396. The Kier molecular flexibility index (Phi) is 6.02. The lowest BCUT2D eigenvalue weighted by atomic mass is 10.00. The number of carbonyl (C=O) groups is 1. The van der Waals surface area contributed by atoms with Crippen LogP contribution in [-0.2, 0) is 9.53 Å². The van der Waals surface area contributed by atoms with Crippen LogP contribution in [0.5, 0.6) is 11.5 Å². The van der Waals surface area contributed by atoms with Gasteiger partial charge in [0.05, 0.1) is 6.42 Å². The van der Waals surface area contributed by atoms with Gasteiger partial charge in [-0.05, 0) is 0 Å². The van der Waals surface area contributed by atoms with E-state index in [9.17, 15) is 44.3 Å². The molecule has 1 aliphatic rings. The van der Waals surface area contributed by atoms with Crippen LogP contribution in [0.25, 0.3) is 0 Å². The first-order valence-corrected chi connectivity index (χ1v) is 8.35. The Hall–Kier alpha value is -1.86. The van der Waals surface area contributed by atoms with E-state index in [4.69, 9.17) is 9.47 Å². The first-order chi connectivity index (χ1) is 12.7. The van der Waals surface area contributed by atoms with Crippen molar-refractivity contribution in [2.75, 3.05) is 13.2 Å². The Morgan fingerprint density at radius 3 is 2.25 bits per heavy atom. The highest BCUT2D eigenvalue weighted by atomic mass is 32.1. The standard InChI is InChI=1S/C14H11F9O4S/c15-11(16,12(17,18)13(19,20)14(21,22)23)2-1-10(24)26-4-7-3-25-8-5-28-6-9(8)27-7/h5-7H,1-4H2. The van der Waals surface area contributed by atoms with Crippen molar-refractivity contribution in [3.05, 3.63) is 10.8 Å². The predicted molar refractivity (Wildman–Crippen MR) is 75.3 cm³/mol. The molecule has 1 unspecified atom stereocenters. The molecule has 1 aliphatic heterocycles. The second kappa shape index (κ2) is 7.52. The predicted octanol–water partition coefficient (Wildman–Crippen LogP) is 4.68. The zero-order valence-electron chi connectivity index (χ0n) is 13.5. The van der Waals surface area contributed by atoms with Gasteiger partial charge < -0.3 is 14.2 Å². The molecule has 4 nitrogen and oxygen atoms in total. The van der Waals surface area contributed by atoms with Crippen LogP contribution in [0.1, 0.15) is 12.8 Å². The normalized spacial score (nSPS) is 18.1. The molecule has 0 N–H and O–H groups in total. The molecule has 0 aromatic carbocycles. The SMILES string of the molecule is O=C(CCC(F)(F)C(F)(F)C(F)(F)C(F)(F)F)OCC1COc2cscc2O1. The minimum atomic E-state index is -6.99. The minimum Gasteiger partial charge on any atom is -0.485 e. The van der Waals surface area contributed by atoms with Gasteiger partial charge in [0.2, 0.25) is 0 Å². The summed E-state index contributed by atoms with van der Waals surface area (Å²) in [5.74, 6) is -20.3. The third-order valence-corrected chi connectivity index (χ3v) is 4.29. The molecule has 1 atom stereocenters. The zero-order chi connectivity index (χ0) is 21.4. The highest BCUT2D eigenvalue weighted by molar-refractivity contribution is 7.08. The van der Waals surface area contributed by atoms with Gasteiger partial charge in [0, 0.05) is 17.2 Å². The largest absolute Gasteiger partial charge is 0.485 e. The smallest absolute Gasteiger partial charge is 0.460 e. The van der Waals surface area contributed by atoms with Crippen molar-refractivity contribution in [2.45, 2.75) is 42.9 Å². The van der Waals surface area contributed by atoms with Crippen LogP contribution in [0.15, 0.2) is 10.8 Å². The monoisotopic (exact) mass is 446 g/mol. The van der Waals surface area contributed by atoms with E-state index in [-0.39, 0.29) is 6.61 Å². The molecule has 160 valence electrons. The average molecular weight is 446 g/mol. The van der Waals surface area contributed by atoms with E-state index in [2.05, 4.69) is 4.74 Å². The molecule has 2 heterocycles. The number of esters is 1. The summed E-state index contributed by atoms with van der Waals surface area (Å²) < 4.78 is 129. The first-order valence-electron chi connectivity index (χ1n) is 7.40. The first kappa shape index (κ1) is 22.4. The van der Waals surface area contributed by atoms with Crippen LogP contribution in [0.4, 0.5) is 39.5 Å². The Bertz CT molecular complexity index is 701. The van der Waals surface area contributed by atoms with Crippen molar-refractivity contribution in [3.63, 3.8) is 0 Å². The van der Waals surface area contributed by atoms with Crippen LogP contribution in [0, 0.1) is 0 Å². The molecular formula is C14H11F9O4S. The van der Waals surface area contributed by atoms with Gasteiger partial charge in [0.1, 0.15) is 13.2 Å². The number of rotatable bonds is 7. The second-order valence-electron chi connectivity index (χ2n) is 5.69. The van der Waals surface area contributed by atoms with Crippen molar-refractivity contribution >= 4 is 17.3 Å². The molecule has 0 saturated carbocycles. The van der Waals surface area contributed by atoms with Crippen LogP contribution < -0.4 is 9.47 Å². The maximum atomic E-state index is 13.3. The van der Waals surface area contributed by atoms with Gasteiger partial charge in [-0.1, -0.05) is 0 Å². The number of alkyl halides is 9. The van der Waals surface area contributed by atoms with E-state index in [1.54, 1.807) is 10.8 Å². The van der Waals surface area contributed by atoms with Crippen molar-refractivity contribution in [1.82, 2.24) is 0 Å². The summed E-state index contributed by atoms with van der Waals surface area (Å²) in [7, 11) is 0. The van der Waals surface area contributed by atoms with E-state index in [0.717, 1.165) is 0 Å². The molecule has 2 rings (SSSR count). The molecule has 1 aromatic rings. The summed E-state index contributed by atoms with van der Waals surface area (Å²) >= 11 is 1.25. The fourth-order valence-electron chi connectivity index (χ4n) is 2.03. The summed E-state index contributed by atoms with van der Waals surface area (Å²) in [6.45, 7) is -0.613. The van der Waals surface area contributed by atoms with E-state index in [0.29, 0.717) is 11.5 Å². The van der Waals surface area contributed by atoms with E-state index >= 15 is 0 Å². The lowest BCUT2D eigenvalue weighted by Gasteiger charge is -2.33. The molecule has 1 aromatic heterocycles. The number of fused-ring (bicyclic) bond motifs is 1. The Labute approximate surface area is 155 Å². The summed E-state index contributed by atoms with van der Waals surface area (Å²) in [5, 5.41) is 3.18. The highest BCUT2D eigenvalue weighted by Gasteiger charge is 2.81. The number of halogens is 9. The van der Waals surface area contributed by atoms with Gasteiger partial charge in [-0.25, -0.2) is 0 Å². The van der Waals surface area contributed by atoms with Crippen molar-refractivity contribution < 1.29 is 58.5 Å². The number of hydrogen-bond acceptors (Lipinski definition) is 5.